The van der Waals surface area contributed by atoms with Crippen molar-refractivity contribution in [1.82, 2.24) is 14.3 Å². The molecule has 0 saturated heterocycles. The first-order valence-corrected chi connectivity index (χ1v) is 9.85. The predicted octanol–water partition coefficient (Wildman–Crippen LogP) is 3.42. The Morgan fingerprint density at radius 2 is 1.35 bits per heavy atom. The molecule has 1 aliphatic heterocycles. The molecule has 1 atom stereocenters. The van der Waals surface area contributed by atoms with E-state index >= 15 is 0 Å². The standard InChI is InChI=1S/C24H16N4O3/c29-23-15-8-1-2-9-16(15)24(30)28-22(26-31)21(17-10-4-6-12-20(17)27(23)28)18-13-25-19-11-5-3-7-14(18)19/h1-13,21,25,31H/b26-22+. The molecule has 7 nitrogen and oxygen atoms in total. The van der Waals surface area contributed by atoms with Gasteiger partial charge >= 0.3 is 0 Å². The highest BCUT2D eigenvalue weighted by atomic mass is 16.4. The molecule has 2 aromatic heterocycles. The number of oxime groups is 1. The highest BCUT2D eigenvalue weighted by Gasteiger charge is 2.35. The molecule has 0 fully saturated rings. The van der Waals surface area contributed by atoms with Crippen LogP contribution < -0.4 is 11.1 Å². The Hall–Kier alpha value is -4.39. The van der Waals surface area contributed by atoms with Crippen LogP contribution in [0, 0.1) is 0 Å². The van der Waals surface area contributed by atoms with Crippen molar-refractivity contribution >= 4 is 27.5 Å². The number of rotatable bonds is 1. The van der Waals surface area contributed by atoms with Crippen molar-refractivity contribution < 1.29 is 5.21 Å². The fourth-order valence-corrected chi connectivity index (χ4v) is 4.61. The van der Waals surface area contributed by atoms with Crippen LogP contribution in [0.15, 0.2) is 93.7 Å². The Kier molecular flexibility index (Phi) is 3.55. The van der Waals surface area contributed by atoms with Crippen LogP contribution in [0.1, 0.15) is 17.0 Å². The number of aromatic amines is 1. The van der Waals surface area contributed by atoms with Gasteiger partial charge in [-0.3, -0.25) is 9.59 Å². The SMILES string of the molecule is O=c1c2ccccc2c(=O)n2n1/C(=N/O)C(c1c[nH]c3ccccc13)c1ccccc1-2. The number of benzene rings is 3. The van der Waals surface area contributed by atoms with Crippen LogP contribution in [-0.4, -0.2) is 25.4 Å². The van der Waals surface area contributed by atoms with E-state index in [9.17, 15) is 14.8 Å². The normalized spacial score (nSPS) is 16.5. The van der Waals surface area contributed by atoms with E-state index < -0.39 is 11.5 Å². The summed E-state index contributed by atoms with van der Waals surface area (Å²) >= 11 is 0. The Balaban J connectivity index is 1.79. The van der Waals surface area contributed by atoms with E-state index in [2.05, 4.69) is 10.1 Å². The Morgan fingerprint density at radius 1 is 0.742 bits per heavy atom. The van der Waals surface area contributed by atoms with E-state index in [-0.39, 0.29) is 16.8 Å². The Bertz CT molecular complexity index is 1660. The fourth-order valence-electron chi connectivity index (χ4n) is 4.61. The summed E-state index contributed by atoms with van der Waals surface area (Å²) in [7, 11) is 0. The minimum absolute atomic E-state index is 0.0799. The van der Waals surface area contributed by atoms with Crippen molar-refractivity contribution in [3.05, 3.63) is 111 Å². The second-order valence-corrected chi connectivity index (χ2v) is 7.52. The van der Waals surface area contributed by atoms with E-state index in [0.29, 0.717) is 11.1 Å². The average molecular weight is 408 g/mol. The van der Waals surface area contributed by atoms with Crippen LogP contribution in [0.3, 0.4) is 0 Å². The smallest absolute Gasteiger partial charge is 0.279 e. The number of H-pyrrole nitrogens is 1. The minimum Gasteiger partial charge on any atom is -0.409 e. The Labute approximate surface area is 175 Å². The summed E-state index contributed by atoms with van der Waals surface area (Å²) < 4.78 is 2.50. The molecule has 1 aliphatic rings. The van der Waals surface area contributed by atoms with Gasteiger partial charge in [0.05, 0.1) is 22.4 Å². The summed E-state index contributed by atoms with van der Waals surface area (Å²) in [5.41, 5.74) is 2.38. The number of hydrogen-bond acceptors (Lipinski definition) is 4. The molecule has 2 N–H and O–H groups in total. The highest BCUT2D eigenvalue weighted by molar-refractivity contribution is 6.00. The zero-order valence-corrected chi connectivity index (χ0v) is 16.2. The minimum atomic E-state index is -0.546. The quantitative estimate of drug-likeness (QED) is 0.329. The lowest BCUT2D eigenvalue weighted by molar-refractivity contribution is 0.312. The number of aromatic nitrogens is 3. The van der Waals surface area contributed by atoms with Gasteiger partial charge in [0.25, 0.3) is 11.1 Å². The van der Waals surface area contributed by atoms with Gasteiger partial charge in [0.1, 0.15) is 0 Å². The fraction of sp³-hybridized carbons (Fsp3) is 0.0417. The molecule has 6 rings (SSSR count). The maximum absolute atomic E-state index is 13.5. The zero-order chi connectivity index (χ0) is 21.1. The van der Waals surface area contributed by atoms with Gasteiger partial charge < -0.3 is 10.2 Å². The number of nitrogens with one attached hydrogen (secondary N) is 1. The highest BCUT2D eigenvalue weighted by Crippen LogP contribution is 2.37. The van der Waals surface area contributed by atoms with Crippen molar-refractivity contribution in [2.75, 3.05) is 0 Å². The topological polar surface area (TPSA) is 92.4 Å². The second kappa shape index (κ2) is 6.30. The van der Waals surface area contributed by atoms with Crippen molar-refractivity contribution in [3.8, 4) is 5.69 Å². The van der Waals surface area contributed by atoms with Crippen molar-refractivity contribution in [2.45, 2.75) is 5.92 Å². The average Bonchev–Trinajstić information content (AvgIpc) is 3.25. The van der Waals surface area contributed by atoms with E-state index in [0.717, 1.165) is 22.0 Å². The number of fused-ring (bicyclic) bond motifs is 5. The van der Waals surface area contributed by atoms with Gasteiger partial charge in [-0.2, -0.15) is 4.68 Å². The lowest BCUT2D eigenvalue weighted by Gasteiger charge is -2.30. The number of nitrogens with zero attached hydrogens (tertiary/aromatic N) is 3. The molecule has 0 aliphatic carbocycles. The van der Waals surface area contributed by atoms with E-state index in [1.54, 1.807) is 30.3 Å². The largest absolute Gasteiger partial charge is 0.409 e. The molecule has 0 saturated carbocycles. The maximum Gasteiger partial charge on any atom is 0.279 e. The molecular formula is C24H16N4O3. The summed E-state index contributed by atoms with van der Waals surface area (Å²) in [5.74, 6) is -0.466. The summed E-state index contributed by atoms with van der Waals surface area (Å²) in [5, 5.41) is 15.2. The van der Waals surface area contributed by atoms with E-state index in [1.807, 2.05) is 48.7 Å². The van der Waals surface area contributed by atoms with Crippen LogP contribution in [0.25, 0.3) is 27.4 Å². The van der Waals surface area contributed by atoms with Crippen LogP contribution in [0.5, 0.6) is 0 Å². The molecule has 7 heteroatoms. The monoisotopic (exact) mass is 408 g/mol. The summed E-state index contributed by atoms with van der Waals surface area (Å²) in [4.78, 5) is 30.2. The van der Waals surface area contributed by atoms with Crippen molar-refractivity contribution in [1.29, 1.82) is 0 Å². The molecule has 150 valence electrons. The van der Waals surface area contributed by atoms with Crippen LogP contribution in [0.4, 0.5) is 0 Å². The van der Waals surface area contributed by atoms with Gasteiger partial charge in [-0.1, -0.05) is 53.7 Å². The lowest BCUT2D eigenvalue weighted by Crippen LogP contribution is -2.47. The molecule has 5 aromatic rings. The third kappa shape index (κ3) is 2.25. The molecule has 3 heterocycles. The van der Waals surface area contributed by atoms with Gasteiger partial charge in [-0.25, -0.2) is 4.68 Å². The van der Waals surface area contributed by atoms with E-state index in [1.165, 1.54) is 9.36 Å². The zero-order valence-electron chi connectivity index (χ0n) is 16.2. The lowest BCUT2D eigenvalue weighted by atomic mass is 9.87. The predicted molar refractivity (Wildman–Crippen MR) is 119 cm³/mol. The first-order chi connectivity index (χ1) is 15.2. The molecule has 0 radical (unpaired) electrons. The molecule has 0 bridgehead atoms. The summed E-state index contributed by atoms with van der Waals surface area (Å²) in [6, 6.07) is 21.9. The third-order valence-corrected chi connectivity index (χ3v) is 5.96. The number of hydrogen-bond donors (Lipinski definition) is 2. The van der Waals surface area contributed by atoms with Gasteiger partial charge in [0.2, 0.25) is 0 Å². The first-order valence-electron chi connectivity index (χ1n) is 9.85. The van der Waals surface area contributed by atoms with Gasteiger partial charge in [0.15, 0.2) is 5.84 Å². The van der Waals surface area contributed by atoms with Crippen molar-refractivity contribution in [3.63, 3.8) is 0 Å². The van der Waals surface area contributed by atoms with Crippen LogP contribution >= 0.6 is 0 Å². The molecule has 3 aromatic carbocycles. The van der Waals surface area contributed by atoms with Gasteiger partial charge in [0, 0.05) is 17.1 Å². The van der Waals surface area contributed by atoms with Gasteiger partial charge in [-0.05, 0) is 35.4 Å². The molecule has 31 heavy (non-hydrogen) atoms. The molecule has 1 unspecified atom stereocenters. The summed E-state index contributed by atoms with van der Waals surface area (Å²) in [6.07, 6.45) is 1.86. The third-order valence-electron chi connectivity index (χ3n) is 5.96. The van der Waals surface area contributed by atoms with E-state index in [4.69, 9.17) is 0 Å². The molecule has 0 amide bonds. The van der Waals surface area contributed by atoms with Crippen molar-refractivity contribution in [2.24, 2.45) is 5.16 Å². The Morgan fingerprint density at radius 3 is 2.10 bits per heavy atom. The van der Waals surface area contributed by atoms with Crippen LogP contribution in [-0.2, 0) is 0 Å². The first kappa shape index (κ1) is 17.5. The van der Waals surface area contributed by atoms with Gasteiger partial charge in [-0.15, -0.1) is 0 Å². The molecule has 0 spiro atoms. The summed E-state index contributed by atoms with van der Waals surface area (Å²) in [6.45, 7) is 0. The molecular weight excluding hydrogens is 392 g/mol. The van der Waals surface area contributed by atoms with Crippen LogP contribution in [0.2, 0.25) is 0 Å². The maximum atomic E-state index is 13.5. The number of para-hydroxylation sites is 2. The second-order valence-electron chi connectivity index (χ2n) is 7.52.